The van der Waals surface area contributed by atoms with Gasteiger partial charge in [0.25, 0.3) is 15.6 Å². The molecule has 9 heteroatoms. The zero-order chi connectivity index (χ0) is 20.6. The molecule has 0 spiro atoms. The van der Waals surface area contributed by atoms with Crippen molar-refractivity contribution in [3.63, 3.8) is 0 Å². The van der Waals surface area contributed by atoms with Crippen LogP contribution in [-0.4, -0.2) is 35.4 Å². The van der Waals surface area contributed by atoms with Crippen molar-refractivity contribution >= 4 is 27.8 Å². The molecule has 1 aromatic heterocycles. The van der Waals surface area contributed by atoms with Crippen molar-refractivity contribution in [1.82, 2.24) is 9.78 Å². The number of rotatable bonds is 4. The third-order valence-electron chi connectivity index (χ3n) is 5.16. The first-order chi connectivity index (χ1) is 13.9. The third kappa shape index (κ3) is 3.59. The van der Waals surface area contributed by atoms with Gasteiger partial charge in [0, 0.05) is 12.1 Å². The lowest BCUT2D eigenvalue weighted by atomic mass is 10.0. The summed E-state index contributed by atoms with van der Waals surface area (Å²) in [7, 11) is -3.49. The number of hydrogen-bond acceptors (Lipinski definition) is 5. The van der Waals surface area contributed by atoms with E-state index in [0.717, 1.165) is 6.42 Å². The van der Waals surface area contributed by atoms with Crippen LogP contribution in [0.3, 0.4) is 0 Å². The van der Waals surface area contributed by atoms with Crippen LogP contribution in [0.4, 0.5) is 0 Å². The molecule has 0 bridgehead atoms. The predicted octanol–water partition coefficient (Wildman–Crippen LogP) is 2.62. The lowest BCUT2D eigenvalue weighted by Crippen LogP contribution is -2.28. The smallest absolute Gasteiger partial charge is 0.280 e. The van der Waals surface area contributed by atoms with E-state index >= 15 is 0 Å². The van der Waals surface area contributed by atoms with Crippen molar-refractivity contribution in [3.8, 4) is 17.2 Å². The number of nitrogens with one attached hydrogen (secondary N) is 1. The van der Waals surface area contributed by atoms with Gasteiger partial charge in [0.2, 0.25) is 0 Å². The Bertz CT molecular complexity index is 1250. The number of aliphatic imine (C=N–C) groups is 1. The normalized spacial score (nSPS) is 18.3. The highest BCUT2D eigenvalue weighted by molar-refractivity contribution is 7.91. The van der Waals surface area contributed by atoms with Crippen molar-refractivity contribution < 1.29 is 8.42 Å². The average Bonchev–Trinajstić information content (AvgIpc) is 2.94. The Morgan fingerprint density at radius 2 is 2.00 bits per heavy atom. The van der Waals surface area contributed by atoms with Crippen LogP contribution in [0.1, 0.15) is 36.9 Å². The molecule has 1 saturated carbocycles. The second kappa shape index (κ2) is 7.29. The fourth-order valence-electron chi connectivity index (χ4n) is 3.32. The van der Waals surface area contributed by atoms with E-state index in [0.29, 0.717) is 46.8 Å². The molecule has 0 unspecified atom stereocenters. The van der Waals surface area contributed by atoms with Crippen LogP contribution in [0, 0.1) is 18.3 Å². The predicted molar refractivity (Wildman–Crippen MR) is 111 cm³/mol. The van der Waals surface area contributed by atoms with Gasteiger partial charge in [-0.15, -0.1) is 0 Å². The highest BCUT2D eigenvalue weighted by atomic mass is 32.2. The number of aryl methyl sites for hydroxylation is 1. The Hall–Kier alpha value is -3.25. The maximum absolute atomic E-state index is 12.9. The van der Waals surface area contributed by atoms with Crippen LogP contribution >= 0.6 is 0 Å². The molecule has 2 heterocycles. The van der Waals surface area contributed by atoms with E-state index in [1.165, 1.54) is 10.9 Å². The first-order valence-corrected chi connectivity index (χ1v) is 10.8. The number of nitriles is 1. The molecule has 1 aromatic carbocycles. The number of aromatic nitrogens is 2. The molecule has 4 rings (SSSR count). The zero-order valence-electron chi connectivity index (χ0n) is 15.8. The molecule has 0 radical (unpaired) electrons. The molecule has 148 valence electrons. The summed E-state index contributed by atoms with van der Waals surface area (Å²) >= 11 is 0. The van der Waals surface area contributed by atoms with Gasteiger partial charge >= 0.3 is 0 Å². The van der Waals surface area contributed by atoms with Crippen molar-refractivity contribution in [2.45, 2.75) is 37.9 Å². The molecular formula is C20H19N5O3S. The first-order valence-electron chi connectivity index (χ1n) is 9.28. The largest absolute Gasteiger partial charge is 0.293 e. The quantitative estimate of drug-likeness (QED) is 0.834. The fourth-order valence-corrected chi connectivity index (χ4v) is 4.84. The number of aromatic amines is 1. The van der Waals surface area contributed by atoms with Crippen molar-refractivity contribution in [2.75, 3.05) is 0 Å². The molecule has 0 amide bonds. The highest BCUT2D eigenvalue weighted by Gasteiger charge is 2.31. The minimum atomic E-state index is -3.49. The molecule has 2 aliphatic rings. The van der Waals surface area contributed by atoms with Gasteiger partial charge in [-0.25, -0.2) is 18.1 Å². The number of nitrogens with zero attached hydrogens (tertiary/aromatic N) is 4. The van der Waals surface area contributed by atoms with Crippen LogP contribution < -0.4 is 5.56 Å². The topological polar surface area (TPSA) is 120 Å². The Kier molecular flexibility index (Phi) is 4.80. The SMILES string of the molecule is Cc1[nH]n(C2=CCC(=NS(=O)(=O)C3CCC3)C=N2)c(=O)c1-c1ccc(C#N)cc1. The Balaban J connectivity index is 1.60. The number of sulfonamides is 1. The molecule has 1 fully saturated rings. The van der Waals surface area contributed by atoms with E-state index < -0.39 is 10.0 Å². The van der Waals surface area contributed by atoms with Gasteiger partial charge in [-0.05, 0) is 43.5 Å². The maximum Gasteiger partial charge on any atom is 0.280 e. The van der Waals surface area contributed by atoms with E-state index in [1.54, 1.807) is 37.3 Å². The lowest BCUT2D eigenvalue weighted by Gasteiger charge is -2.22. The second-order valence-corrected chi connectivity index (χ2v) is 9.00. The molecule has 0 saturated heterocycles. The summed E-state index contributed by atoms with van der Waals surface area (Å²) in [6.45, 7) is 1.79. The maximum atomic E-state index is 12.9. The molecule has 1 aliphatic heterocycles. The van der Waals surface area contributed by atoms with Gasteiger partial charge in [0.05, 0.1) is 34.4 Å². The summed E-state index contributed by atoms with van der Waals surface area (Å²) in [4.78, 5) is 17.2. The van der Waals surface area contributed by atoms with Gasteiger partial charge in [0.1, 0.15) is 0 Å². The summed E-state index contributed by atoms with van der Waals surface area (Å²) < 4.78 is 29.6. The lowest BCUT2D eigenvalue weighted by molar-refractivity contribution is 0.478. The van der Waals surface area contributed by atoms with E-state index in [2.05, 4.69) is 20.6 Å². The number of H-pyrrole nitrogens is 1. The second-order valence-electron chi connectivity index (χ2n) is 7.12. The fraction of sp³-hybridized carbons (Fsp3) is 0.300. The van der Waals surface area contributed by atoms with Crippen LogP contribution in [0.25, 0.3) is 16.9 Å². The van der Waals surface area contributed by atoms with Gasteiger partial charge < -0.3 is 0 Å². The summed E-state index contributed by atoms with van der Waals surface area (Å²) in [6, 6.07) is 8.84. The minimum Gasteiger partial charge on any atom is -0.293 e. The average molecular weight is 409 g/mol. The van der Waals surface area contributed by atoms with Crippen molar-refractivity contribution in [1.29, 1.82) is 5.26 Å². The van der Waals surface area contributed by atoms with Gasteiger partial charge in [-0.1, -0.05) is 18.6 Å². The van der Waals surface area contributed by atoms with Gasteiger partial charge in [-0.2, -0.15) is 9.66 Å². The van der Waals surface area contributed by atoms with Gasteiger partial charge in [-0.3, -0.25) is 9.89 Å². The Morgan fingerprint density at radius 1 is 1.28 bits per heavy atom. The Labute approximate surface area is 168 Å². The van der Waals surface area contributed by atoms with E-state index in [1.807, 2.05) is 0 Å². The molecule has 0 atom stereocenters. The van der Waals surface area contributed by atoms with Crippen molar-refractivity contribution in [2.24, 2.45) is 9.39 Å². The molecule has 1 aliphatic carbocycles. The summed E-state index contributed by atoms with van der Waals surface area (Å²) in [5.41, 5.74) is 2.49. The third-order valence-corrected chi connectivity index (χ3v) is 6.96. The molecule has 1 N–H and O–H groups in total. The van der Waals surface area contributed by atoms with Crippen LogP contribution in [-0.2, 0) is 10.0 Å². The van der Waals surface area contributed by atoms with Gasteiger partial charge in [0.15, 0.2) is 5.82 Å². The monoisotopic (exact) mass is 409 g/mol. The summed E-state index contributed by atoms with van der Waals surface area (Å²) in [6.07, 6.45) is 5.59. The summed E-state index contributed by atoms with van der Waals surface area (Å²) in [5, 5.41) is 11.6. The molecule has 8 nitrogen and oxygen atoms in total. The molecular weight excluding hydrogens is 390 g/mol. The highest BCUT2D eigenvalue weighted by Crippen LogP contribution is 2.27. The minimum absolute atomic E-state index is 0.266. The van der Waals surface area contributed by atoms with Crippen LogP contribution in [0.5, 0.6) is 0 Å². The van der Waals surface area contributed by atoms with E-state index in [9.17, 15) is 13.2 Å². The number of allylic oxidation sites excluding steroid dienone is 1. The summed E-state index contributed by atoms with van der Waals surface area (Å²) in [5.74, 6) is 0.387. The molecule has 29 heavy (non-hydrogen) atoms. The van der Waals surface area contributed by atoms with Crippen LogP contribution in [0.15, 0.2) is 44.5 Å². The standard InChI is InChI=1S/C20H19N5O3S/c1-13-19(15-7-5-14(11-21)6-8-15)20(26)25(23-13)18-10-9-16(12-22-18)24-29(27,28)17-3-2-4-17/h5-8,10,12,17,23H,2-4,9H2,1H3. The van der Waals surface area contributed by atoms with E-state index in [4.69, 9.17) is 5.26 Å². The first kappa shape index (κ1) is 19.1. The number of hydrogen-bond donors (Lipinski definition) is 1. The Morgan fingerprint density at radius 3 is 2.55 bits per heavy atom. The molecule has 2 aromatic rings. The van der Waals surface area contributed by atoms with E-state index in [-0.39, 0.29) is 17.2 Å². The number of benzene rings is 1. The zero-order valence-corrected chi connectivity index (χ0v) is 16.6. The van der Waals surface area contributed by atoms with Crippen LogP contribution in [0.2, 0.25) is 0 Å². The van der Waals surface area contributed by atoms with Crippen molar-refractivity contribution in [3.05, 3.63) is 52.0 Å².